The van der Waals surface area contributed by atoms with Gasteiger partial charge in [0.05, 0.1) is 50.9 Å². The van der Waals surface area contributed by atoms with Crippen LogP contribution in [0, 0.1) is 0 Å². The molecule has 2 aliphatic heterocycles. The zero-order valence-corrected chi connectivity index (χ0v) is 29.4. The lowest BCUT2D eigenvalue weighted by atomic mass is 9.73. The average molecular weight is 699 g/mol. The van der Waals surface area contributed by atoms with Gasteiger partial charge in [0.25, 0.3) is 0 Å². The summed E-state index contributed by atoms with van der Waals surface area (Å²) in [5.41, 5.74) is 9.15. The van der Waals surface area contributed by atoms with Crippen molar-refractivity contribution in [2.45, 2.75) is 50.4 Å². The first-order chi connectivity index (χ1) is 25.3. The van der Waals surface area contributed by atoms with Crippen molar-refractivity contribution in [1.29, 1.82) is 0 Å². The highest BCUT2D eigenvalue weighted by molar-refractivity contribution is 6.10. The summed E-state index contributed by atoms with van der Waals surface area (Å²) in [6.07, 6.45) is 3.86. The van der Waals surface area contributed by atoms with Crippen molar-refractivity contribution in [1.82, 2.24) is 0 Å². The highest BCUT2D eigenvalue weighted by Crippen LogP contribution is 2.54. The van der Waals surface area contributed by atoms with Crippen LogP contribution < -0.4 is 20.1 Å². The lowest BCUT2D eigenvalue weighted by molar-refractivity contribution is -0.117. The van der Waals surface area contributed by atoms with Crippen molar-refractivity contribution < 1.29 is 38.1 Å². The van der Waals surface area contributed by atoms with Crippen LogP contribution in [-0.2, 0) is 19.1 Å². The molecule has 264 valence electrons. The van der Waals surface area contributed by atoms with E-state index in [-0.39, 0.29) is 11.6 Å². The van der Waals surface area contributed by atoms with Gasteiger partial charge in [0.15, 0.2) is 11.6 Å². The summed E-state index contributed by atoms with van der Waals surface area (Å²) in [5, 5.41) is 9.30. The molecule has 8 rings (SSSR count). The number of hydrogen-bond acceptors (Lipinski definition) is 10. The number of methoxy groups -OCH3 is 4. The number of hydrogen-bond donors (Lipinski definition) is 2. The quantitative estimate of drug-likeness (QED) is 0.195. The molecule has 0 amide bonds. The highest BCUT2D eigenvalue weighted by Gasteiger charge is 2.40. The minimum atomic E-state index is -0.472. The monoisotopic (exact) mass is 698 g/mol. The molecule has 0 bridgehead atoms. The molecule has 0 saturated carbocycles. The first-order valence-electron chi connectivity index (χ1n) is 17.5. The Labute approximate surface area is 300 Å². The number of carbonyl (C=O) groups is 4. The molecule has 2 atom stereocenters. The lowest BCUT2D eigenvalue weighted by Crippen LogP contribution is -2.28. The second-order valence-electron chi connectivity index (χ2n) is 13.5. The zero-order valence-electron chi connectivity index (χ0n) is 29.4. The summed E-state index contributed by atoms with van der Waals surface area (Å²) in [4.78, 5) is 52.2. The maximum absolute atomic E-state index is 13.7. The topological polar surface area (TPSA) is 129 Å². The molecule has 2 unspecified atom stereocenters. The van der Waals surface area contributed by atoms with Crippen molar-refractivity contribution in [2.75, 3.05) is 39.1 Å². The van der Waals surface area contributed by atoms with Gasteiger partial charge < -0.3 is 29.6 Å². The maximum atomic E-state index is 13.7. The molecule has 52 heavy (non-hydrogen) atoms. The van der Waals surface area contributed by atoms with Gasteiger partial charge in [-0.1, -0.05) is 36.4 Å². The van der Waals surface area contributed by atoms with E-state index in [9.17, 15) is 19.2 Å². The third-order valence-electron chi connectivity index (χ3n) is 10.9. The van der Waals surface area contributed by atoms with E-state index in [1.54, 1.807) is 38.5 Å². The third-order valence-corrected chi connectivity index (χ3v) is 10.9. The Kier molecular flexibility index (Phi) is 8.32. The number of nitrogens with one attached hydrogen (secondary N) is 2. The van der Waals surface area contributed by atoms with Gasteiger partial charge in [-0.05, 0) is 61.1 Å². The number of ether oxygens (including phenoxy) is 4. The summed E-state index contributed by atoms with van der Waals surface area (Å²) >= 11 is 0. The first-order valence-corrected chi connectivity index (χ1v) is 17.5. The van der Waals surface area contributed by atoms with Crippen molar-refractivity contribution in [3.05, 3.63) is 117 Å². The Morgan fingerprint density at radius 2 is 0.962 bits per heavy atom. The fraction of sp³-hybridized carbons (Fsp3) is 0.286. The van der Waals surface area contributed by atoms with Gasteiger partial charge in [-0.25, -0.2) is 9.59 Å². The van der Waals surface area contributed by atoms with Crippen molar-refractivity contribution in [3.8, 4) is 11.5 Å². The van der Waals surface area contributed by atoms with E-state index >= 15 is 0 Å². The van der Waals surface area contributed by atoms with Gasteiger partial charge in [0.2, 0.25) is 0 Å². The number of rotatable bonds is 6. The van der Waals surface area contributed by atoms with Crippen molar-refractivity contribution in [3.63, 3.8) is 0 Å². The number of Topliss-reactive ketones (excluding diaryl/α,β-unsaturated/α-hetero) is 2. The van der Waals surface area contributed by atoms with E-state index in [1.165, 1.54) is 14.2 Å². The van der Waals surface area contributed by atoms with Crippen LogP contribution in [0.1, 0.15) is 93.3 Å². The summed E-state index contributed by atoms with van der Waals surface area (Å²) in [6, 6.07) is 18.7. The van der Waals surface area contributed by atoms with Crippen LogP contribution in [0.2, 0.25) is 0 Å². The molecule has 0 fully saturated rings. The molecule has 0 spiro atoms. The van der Waals surface area contributed by atoms with E-state index in [1.807, 2.05) is 12.1 Å². The van der Waals surface area contributed by atoms with Gasteiger partial charge >= 0.3 is 11.9 Å². The smallest absolute Gasteiger partial charge is 0.337 e. The van der Waals surface area contributed by atoms with Crippen molar-refractivity contribution in [2.24, 2.45) is 0 Å². The molecular formula is C42H38N2O8. The Hall–Kier alpha value is -5.90. The van der Waals surface area contributed by atoms with Crippen LogP contribution >= 0.6 is 0 Å². The largest absolute Gasteiger partial charge is 0.496 e. The van der Waals surface area contributed by atoms with E-state index in [4.69, 9.17) is 18.9 Å². The average Bonchev–Trinajstić information content (AvgIpc) is 3.18. The molecule has 2 heterocycles. The van der Waals surface area contributed by atoms with Crippen LogP contribution in [-0.4, -0.2) is 51.9 Å². The number of benzene rings is 4. The minimum absolute atomic E-state index is 0.0899. The standard InChI is InChI=1S/C42H38N2O8/c1-49-33-19-21(41(47)51-3)11-13-25(33)35-27-17-15-24-23(39(27)43-29-7-5-9-31(45)37(29)35)16-18-28-36(38-30(44-40(24)28)8-6-10-32(38)46)26-14-12-22(42(48)52-4)20-34(26)50-2/h11-20,35-36,43-44H,5-10H2,1-4H3. The third kappa shape index (κ3) is 5.15. The maximum Gasteiger partial charge on any atom is 0.337 e. The highest BCUT2D eigenvalue weighted by atomic mass is 16.5. The van der Waals surface area contributed by atoms with Crippen LogP contribution in [0.25, 0.3) is 10.8 Å². The van der Waals surface area contributed by atoms with Crippen molar-refractivity contribution >= 4 is 45.7 Å². The summed E-state index contributed by atoms with van der Waals surface area (Å²) in [7, 11) is 5.80. The number of carbonyl (C=O) groups excluding carboxylic acids is 4. The molecule has 2 aliphatic carbocycles. The second kappa shape index (κ2) is 13.0. The molecule has 0 saturated heterocycles. The number of fused-ring (bicyclic) bond motifs is 5. The van der Waals surface area contributed by atoms with Crippen LogP contribution in [0.4, 0.5) is 11.4 Å². The molecule has 2 N–H and O–H groups in total. The van der Waals surface area contributed by atoms with Crippen LogP contribution in [0.3, 0.4) is 0 Å². The molecule has 0 aromatic heterocycles. The fourth-order valence-electron chi connectivity index (χ4n) is 8.50. The molecule has 4 aliphatic rings. The second-order valence-corrected chi connectivity index (χ2v) is 13.5. The Morgan fingerprint density at radius 3 is 1.35 bits per heavy atom. The van der Waals surface area contributed by atoms with Gasteiger partial charge in [-0.2, -0.15) is 0 Å². The van der Waals surface area contributed by atoms with Gasteiger partial charge in [-0.3, -0.25) is 9.59 Å². The van der Waals surface area contributed by atoms with Gasteiger partial charge in [-0.15, -0.1) is 0 Å². The van der Waals surface area contributed by atoms with Gasteiger partial charge in [0.1, 0.15) is 11.5 Å². The summed E-state index contributed by atoms with van der Waals surface area (Å²) in [6.45, 7) is 0. The lowest BCUT2D eigenvalue weighted by Gasteiger charge is -2.37. The number of anilines is 2. The SMILES string of the molecule is COC(=O)c1ccc(C2C3=C(CCCC3=O)Nc3c2ccc2c4c(ccc32)C(c2ccc(C(=O)OC)cc2OC)C2=C(CCCC2=O)N4)c(OC)c1. The minimum Gasteiger partial charge on any atom is -0.496 e. The van der Waals surface area contributed by atoms with E-state index < -0.39 is 23.8 Å². The molecule has 4 aromatic carbocycles. The first kappa shape index (κ1) is 33.3. The van der Waals surface area contributed by atoms with E-state index in [0.29, 0.717) is 35.5 Å². The predicted molar refractivity (Wildman–Crippen MR) is 195 cm³/mol. The molecule has 0 radical (unpaired) electrons. The molecule has 10 nitrogen and oxygen atoms in total. The molecular weight excluding hydrogens is 660 g/mol. The zero-order chi connectivity index (χ0) is 36.3. The number of allylic oxidation sites excluding steroid dienone is 4. The van der Waals surface area contributed by atoms with E-state index in [0.717, 1.165) is 92.6 Å². The van der Waals surface area contributed by atoms with Crippen LogP contribution in [0.15, 0.2) is 83.2 Å². The molecule has 10 heteroatoms. The Balaban J connectivity index is 1.33. The summed E-state index contributed by atoms with van der Waals surface area (Å²) in [5.74, 6) is -0.626. The fourth-order valence-corrected chi connectivity index (χ4v) is 8.50. The summed E-state index contributed by atoms with van der Waals surface area (Å²) < 4.78 is 21.6. The van der Waals surface area contributed by atoms with Crippen LogP contribution in [0.5, 0.6) is 11.5 Å². The number of esters is 2. The Morgan fingerprint density at radius 1 is 0.558 bits per heavy atom. The Bertz CT molecular complexity index is 2140. The number of ketones is 2. The normalized spacial score (nSPS) is 19.1. The van der Waals surface area contributed by atoms with E-state index in [2.05, 4.69) is 34.9 Å². The molecule has 4 aromatic rings. The predicted octanol–water partition coefficient (Wildman–Crippen LogP) is 7.56. The van der Waals surface area contributed by atoms with Gasteiger partial charge in [0, 0.05) is 69.1 Å².